The van der Waals surface area contributed by atoms with E-state index in [4.69, 9.17) is 5.73 Å². The summed E-state index contributed by atoms with van der Waals surface area (Å²) in [6.07, 6.45) is 2.46. The molecule has 2 rings (SSSR count). The van der Waals surface area contributed by atoms with Gasteiger partial charge in [0.05, 0.1) is 16.0 Å². The van der Waals surface area contributed by atoms with Crippen molar-refractivity contribution in [3.8, 4) is 0 Å². The first-order valence-electron chi connectivity index (χ1n) is 5.22. The number of rotatable bonds is 3. The molecule has 1 aliphatic rings. The number of halogens is 1. The summed E-state index contributed by atoms with van der Waals surface area (Å²) < 4.78 is 1.08. The van der Waals surface area contributed by atoms with Crippen LogP contribution < -0.4 is 5.73 Å². The molecule has 1 saturated carbocycles. The van der Waals surface area contributed by atoms with E-state index in [1.165, 1.54) is 12.8 Å². The Hall–Kier alpha value is -0.620. The highest BCUT2D eigenvalue weighted by molar-refractivity contribution is 9.11. The highest BCUT2D eigenvalue weighted by Gasteiger charge is 2.27. The summed E-state index contributed by atoms with van der Waals surface area (Å²) in [6, 6.07) is 0.605. The van der Waals surface area contributed by atoms with Gasteiger partial charge in [0.1, 0.15) is 5.01 Å². The molecule has 0 atom stereocenters. The van der Waals surface area contributed by atoms with Crippen molar-refractivity contribution in [3.05, 3.63) is 14.5 Å². The Kier molecular flexibility index (Phi) is 3.49. The molecule has 6 heteroatoms. The highest BCUT2D eigenvalue weighted by Crippen LogP contribution is 2.26. The predicted octanol–water partition coefficient (Wildman–Crippen LogP) is 2.12. The molecular weight excluding hydrogens is 288 g/mol. The number of nitrogens with two attached hydrogens (primary N) is 1. The fraction of sp³-hybridized carbons (Fsp3) is 0.600. The average molecular weight is 303 g/mol. The number of aromatic nitrogens is 1. The quantitative estimate of drug-likeness (QED) is 0.687. The van der Waals surface area contributed by atoms with Gasteiger partial charge in [0.25, 0.3) is 0 Å². The van der Waals surface area contributed by atoms with Gasteiger partial charge in [-0.25, -0.2) is 9.98 Å². The molecule has 1 heterocycles. The van der Waals surface area contributed by atoms with Crippen LogP contribution in [0, 0.1) is 6.92 Å². The molecule has 0 saturated heterocycles. The normalized spacial score (nSPS) is 16.6. The van der Waals surface area contributed by atoms with Gasteiger partial charge in [-0.1, -0.05) is 0 Å². The molecule has 88 valence electrons. The van der Waals surface area contributed by atoms with Crippen LogP contribution in [0.5, 0.6) is 0 Å². The summed E-state index contributed by atoms with van der Waals surface area (Å²) in [4.78, 5) is 10.8. The maximum absolute atomic E-state index is 5.89. The summed E-state index contributed by atoms with van der Waals surface area (Å²) in [5.74, 6) is 0.617. The van der Waals surface area contributed by atoms with E-state index in [1.807, 2.05) is 14.0 Å². The van der Waals surface area contributed by atoms with Gasteiger partial charge < -0.3 is 10.6 Å². The van der Waals surface area contributed by atoms with Crippen LogP contribution in [-0.2, 0) is 6.54 Å². The van der Waals surface area contributed by atoms with E-state index in [0.717, 1.165) is 14.5 Å². The van der Waals surface area contributed by atoms with Gasteiger partial charge in [-0.2, -0.15) is 0 Å². The van der Waals surface area contributed by atoms with E-state index in [9.17, 15) is 0 Å². The maximum atomic E-state index is 5.89. The molecule has 4 nitrogen and oxygen atoms in total. The smallest absolute Gasteiger partial charge is 0.191 e. The van der Waals surface area contributed by atoms with E-state index < -0.39 is 0 Å². The van der Waals surface area contributed by atoms with Crippen LogP contribution in [0.4, 0.5) is 0 Å². The van der Waals surface area contributed by atoms with Crippen molar-refractivity contribution in [2.24, 2.45) is 10.7 Å². The molecule has 0 bridgehead atoms. The molecule has 0 aliphatic heterocycles. The average Bonchev–Trinajstić information content (AvgIpc) is 3.03. The van der Waals surface area contributed by atoms with Gasteiger partial charge in [0, 0.05) is 13.1 Å². The largest absolute Gasteiger partial charge is 0.370 e. The van der Waals surface area contributed by atoms with E-state index in [-0.39, 0.29) is 0 Å². The molecule has 1 aromatic rings. The second-order valence-corrected chi connectivity index (χ2v) is 6.38. The maximum Gasteiger partial charge on any atom is 0.191 e. The van der Waals surface area contributed by atoms with Crippen LogP contribution in [0.3, 0.4) is 0 Å². The first kappa shape index (κ1) is 11.9. The fourth-order valence-electron chi connectivity index (χ4n) is 1.41. The third-order valence-corrected chi connectivity index (χ3v) is 4.61. The Labute approximate surface area is 108 Å². The third-order valence-electron chi connectivity index (χ3n) is 2.62. The lowest BCUT2D eigenvalue weighted by Gasteiger charge is -2.16. The summed E-state index contributed by atoms with van der Waals surface area (Å²) in [5, 5.41) is 0.997. The van der Waals surface area contributed by atoms with Gasteiger partial charge in [-0.3, -0.25) is 0 Å². The lowest BCUT2D eigenvalue weighted by atomic mass is 10.5. The number of thiazole rings is 1. The first-order valence-corrected chi connectivity index (χ1v) is 6.83. The number of nitrogens with zero attached hydrogens (tertiary/aromatic N) is 3. The third kappa shape index (κ3) is 2.74. The zero-order valence-electron chi connectivity index (χ0n) is 9.40. The Balaban J connectivity index is 1.96. The molecule has 16 heavy (non-hydrogen) atoms. The first-order chi connectivity index (χ1) is 7.58. The minimum absolute atomic E-state index is 0.569. The molecule has 0 unspecified atom stereocenters. The zero-order chi connectivity index (χ0) is 11.7. The Morgan fingerprint density at radius 3 is 2.88 bits per heavy atom. The van der Waals surface area contributed by atoms with Crippen molar-refractivity contribution in [2.45, 2.75) is 32.4 Å². The van der Waals surface area contributed by atoms with Gasteiger partial charge in [0.2, 0.25) is 0 Å². The summed E-state index contributed by atoms with van der Waals surface area (Å²) in [7, 11) is 2.00. The van der Waals surface area contributed by atoms with Crippen molar-refractivity contribution >= 4 is 33.2 Å². The lowest BCUT2D eigenvalue weighted by Crippen LogP contribution is -2.35. The van der Waals surface area contributed by atoms with Crippen molar-refractivity contribution < 1.29 is 0 Å². The standard InChI is InChI=1S/C10H15BrN4S/c1-6-9(11)16-8(14-6)5-13-10(12)15(2)7-3-4-7/h7H,3-5H2,1-2H3,(H2,12,13). The Bertz CT molecular complexity index is 391. The minimum atomic E-state index is 0.569. The van der Waals surface area contributed by atoms with Gasteiger partial charge in [-0.05, 0) is 35.7 Å². The summed E-state index contributed by atoms with van der Waals surface area (Å²) in [6.45, 7) is 2.55. The van der Waals surface area contributed by atoms with Crippen LogP contribution in [0.2, 0.25) is 0 Å². The molecule has 0 aromatic carbocycles. The van der Waals surface area contributed by atoms with Gasteiger partial charge >= 0.3 is 0 Å². The Morgan fingerprint density at radius 2 is 2.38 bits per heavy atom. The van der Waals surface area contributed by atoms with Crippen LogP contribution in [0.1, 0.15) is 23.5 Å². The summed E-state index contributed by atoms with van der Waals surface area (Å²) >= 11 is 5.07. The van der Waals surface area contributed by atoms with Crippen molar-refractivity contribution in [2.75, 3.05) is 7.05 Å². The van der Waals surface area contributed by atoms with Crippen LogP contribution >= 0.6 is 27.3 Å². The topological polar surface area (TPSA) is 54.5 Å². The SMILES string of the molecule is Cc1nc(CN=C(N)N(C)C2CC2)sc1Br. The van der Waals surface area contributed by atoms with Crippen LogP contribution in [0.15, 0.2) is 8.78 Å². The minimum Gasteiger partial charge on any atom is -0.370 e. The van der Waals surface area contributed by atoms with Crippen molar-refractivity contribution in [1.29, 1.82) is 0 Å². The molecule has 1 aromatic heterocycles. The Morgan fingerprint density at radius 1 is 1.69 bits per heavy atom. The van der Waals surface area contributed by atoms with Crippen molar-refractivity contribution in [1.82, 2.24) is 9.88 Å². The van der Waals surface area contributed by atoms with Crippen LogP contribution in [-0.4, -0.2) is 28.9 Å². The number of hydrogen-bond acceptors (Lipinski definition) is 3. The van der Waals surface area contributed by atoms with E-state index >= 15 is 0 Å². The second kappa shape index (κ2) is 4.71. The fourth-order valence-corrected chi connectivity index (χ4v) is 2.77. The molecule has 1 aliphatic carbocycles. The van der Waals surface area contributed by atoms with Crippen molar-refractivity contribution in [3.63, 3.8) is 0 Å². The van der Waals surface area contributed by atoms with E-state index in [1.54, 1.807) is 11.3 Å². The van der Waals surface area contributed by atoms with E-state index in [0.29, 0.717) is 18.5 Å². The molecular formula is C10H15BrN4S. The summed E-state index contributed by atoms with van der Waals surface area (Å²) in [5.41, 5.74) is 6.91. The van der Waals surface area contributed by atoms with Crippen LogP contribution in [0.25, 0.3) is 0 Å². The second-order valence-electron chi connectivity index (χ2n) is 3.98. The van der Waals surface area contributed by atoms with E-state index in [2.05, 4.69) is 30.8 Å². The number of hydrogen-bond donors (Lipinski definition) is 1. The molecule has 1 fully saturated rings. The molecule has 0 spiro atoms. The number of guanidine groups is 1. The monoisotopic (exact) mass is 302 g/mol. The van der Waals surface area contributed by atoms with Gasteiger partial charge in [-0.15, -0.1) is 11.3 Å². The molecule has 0 radical (unpaired) electrons. The predicted molar refractivity (Wildman–Crippen MR) is 70.7 cm³/mol. The number of aryl methyl sites for hydroxylation is 1. The lowest BCUT2D eigenvalue weighted by molar-refractivity contribution is 0.487. The number of aliphatic imine (C=N–C) groups is 1. The zero-order valence-corrected chi connectivity index (χ0v) is 11.8. The molecule has 0 amide bonds. The van der Waals surface area contributed by atoms with Gasteiger partial charge in [0.15, 0.2) is 5.96 Å². The highest BCUT2D eigenvalue weighted by atomic mass is 79.9. The molecule has 2 N–H and O–H groups in total.